The fourth-order valence-corrected chi connectivity index (χ4v) is 3.40. The van der Waals surface area contributed by atoms with E-state index in [9.17, 15) is 14.4 Å². The molecule has 0 aliphatic carbocycles. The van der Waals surface area contributed by atoms with Gasteiger partial charge in [0.15, 0.2) is 0 Å². The van der Waals surface area contributed by atoms with Crippen molar-refractivity contribution in [2.24, 2.45) is 0 Å². The van der Waals surface area contributed by atoms with Crippen LogP contribution >= 0.6 is 0 Å². The van der Waals surface area contributed by atoms with Crippen LogP contribution in [0.15, 0.2) is 24.3 Å². The van der Waals surface area contributed by atoms with E-state index in [1.54, 1.807) is 41.0 Å². The number of rotatable bonds is 4. The summed E-state index contributed by atoms with van der Waals surface area (Å²) in [6.07, 6.45) is 1.09. The molecule has 3 rings (SSSR count). The minimum absolute atomic E-state index is 0.0211. The molecule has 1 N–H and O–H groups in total. The molecule has 2 heterocycles. The van der Waals surface area contributed by atoms with Gasteiger partial charge < -0.3 is 24.6 Å². The molecule has 0 unspecified atom stereocenters. The zero-order valence-electron chi connectivity index (χ0n) is 16.2. The maximum Gasteiger partial charge on any atom is 0.409 e. The van der Waals surface area contributed by atoms with Gasteiger partial charge >= 0.3 is 6.09 Å². The summed E-state index contributed by atoms with van der Waals surface area (Å²) in [6.45, 7) is 5.57. The van der Waals surface area contributed by atoms with E-state index in [2.05, 4.69) is 5.32 Å². The number of carbonyl (C=O) groups excluding carboxylic acids is 3. The van der Waals surface area contributed by atoms with E-state index in [1.807, 2.05) is 0 Å². The van der Waals surface area contributed by atoms with Crippen LogP contribution in [0.25, 0.3) is 0 Å². The fourth-order valence-electron chi connectivity index (χ4n) is 3.40. The maximum absolute atomic E-state index is 12.5. The second-order valence-corrected chi connectivity index (χ2v) is 6.92. The predicted octanol–water partition coefficient (Wildman–Crippen LogP) is 1.51. The molecule has 2 aliphatic rings. The summed E-state index contributed by atoms with van der Waals surface area (Å²) in [5, 5.41) is 3.01. The Balaban J connectivity index is 1.50. The second-order valence-electron chi connectivity index (χ2n) is 6.92. The number of nitrogens with zero attached hydrogens (tertiary/aromatic N) is 2. The van der Waals surface area contributed by atoms with Crippen LogP contribution in [0, 0.1) is 0 Å². The summed E-state index contributed by atoms with van der Waals surface area (Å²) in [4.78, 5) is 40.1. The molecule has 1 aromatic carbocycles. The molecule has 152 valence electrons. The highest BCUT2D eigenvalue weighted by Crippen LogP contribution is 2.14. The lowest BCUT2D eigenvalue weighted by Crippen LogP contribution is -2.46. The Morgan fingerprint density at radius 1 is 1.00 bits per heavy atom. The minimum atomic E-state index is -0.298. The average Bonchev–Trinajstić information content (AvgIpc) is 2.74. The molecule has 0 saturated carbocycles. The van der Waals surface area contributed by atoms with Gasteiger partial charge in [0, 0.05) is 43.3 Å². The van der Waals surface area contributed by atoms with Crippen molar-refractivity contribution in [3.05, 3.63) is 35.4 Å². The first-order valence-corrected chi connectivity index (χ1v) is 9.78. The highest BCUT2D eigenvalue weighted by Gasteiger charge is 2.25. The van der Waals surface area contributed by atoms with Crippen LogP contribution in [0.4, 0.5) is 4.79 Å². The molecule has 0 bridgehead atoms. The molecule has 0 atom stereocenters. The van der Waals surface area contributed by atoms with Gasteiger partial charge in [-0.3, -0.25) is 9.59 Å². The van der Waals surface area contributed by atoms with Gasteiger partial charge in [-0.1, -0.05) is 0 Å². The Bertz CT molecular complexity index is 692. The van der Waals surface area contributed by atoms with Gasteiger partial charge in [0.2, 0.25) is 0 Å². The number of amides is 3. The molecule has 2 fully saturated rings. The Morgan fingerprint density at radius 3 is 2.21 bits per heavy atom. The fraction of sp³-hybridized carbons (Fsp3) is 0.550. The number of hydrogen-bond donors (Lipinski definition) is 1. The summed E-state index contributed by atoms with van der Waals surface area (Å²) < 4.78 is 10.3. The van der Waals surface area contributed by atoms with Gasteiger partial charge in [0.1, 0.15) is 0 Å². The van der Waals surface area contributed by atoms with Gasteiger partial charge in [0.05, 0.1) is 19.8 Å². The van der Waals surface area contributed by atoms with Crippen molar-refractivity contribution < 1.29 is 23.9 Å². The molecule has 0 spiro atoms. The quantitative estimate of drug-likeness (QED) is 0.843. The molecular formula is C20H27N3O5. The van der Waals surface area contributed by atoms with E-state index in [4.69, 9.17) is 9.47 Å². The molecule has 0 radical (unpaired) electrons. The number of carbonyl (C=O) groups is 3. The molecule has 0 aromatic heterocycles. The minimum Gasteiger partial charge on any atom is -0.450 e. The summed E-state index contributed by atoms with van der Waals surface area (Å²) in [5.41, 5.74) is 1.09. The van der Waals surface area contributed by atoms with Crippen LogP contribution in [0.3, 0.4) is 0 Å². The lowest BCUT2D eigenvalue weighted by molar-refractivity contribution is 0.0303. The van der Waals surface area contributed by atoms with Gasteiger partial charge in [-0.05, 0) is 44.0 Å². The lowest BCUT2D eigenvalue weighted by atomic mass is 10.0. The molecule has 2 saturated heterocycles. The zero-order chi connectivity index (χ0) is 19.9. The smallest absolute Gasteiger partial charge is 0.409 e. The highest BCUT2D eigenvalue weighted by atomic mass is 16.6. The molecule has 1 aromatic rings. The zero-order valence-corrected chi connectivity index (χ0v) is 16.2. The summed E-state index contributed by atoms with van der Waals surface area (Å²) in [6, 6.07) is 6.76. The van der Waals surface area contributed by atoms with Crippen LogP contribution in [0.5, 0.6) is 0 Å². The van der Waals surface area contributed by atoms with Gasteiger partial charge in [-0.25, -0.2) is 4.79 Å². The molecule has 8 nitrogen and oxygen atoms in total. The topological polar surface area (TPSA) is 88.2 Å². The van der Waals surface area contributed by atoms with Crippen molar-refractivity contribution >= 4 is 17.9 Å². The van der Waals surface area contributed by atoms with Gasteiger partial charge in [0.25, 0.3) is 11.8 Å². The van der Waals surface area contributed by atoms with Gasteiger partial charge in [-0.2, -0.15) is 0 Å². The Kier molecular flexibility index (Phi) is 6.86. The number of nitrogens with one attached hydrogen (secondary N) is 1. The number of likely N-dealkylation sites (tertiary alicyclic amines) is 1. The SMILES string of the molecule is CCOC(=O)N1CCC(NC(=O)c2ccc(C(=O)N3CCOCC3)cc2)CC1. The Labute approximate surface area is 164 Å². The first-order valence-electron chi connectivity index (χ1n) is 9.78. The van der Waals surface area contributed by atoms with Crippen molar-refractivity contribution in [3.63, 3.8) is 0 Å². The summed E-state index contributed by atoms with van der Waals surface area (Å²) in [7, 11) is 0. The third-order valence-corrected chi connectivity index (χ3v) is 5.05. The lowest BCUT2D eigenvalue weighted by Gasteiger charge is -2.31. The van der Waals surface area contributed by atoms with E-state index in [0.29, 0.717) is 70.0 Å². The predicted molar refractivity (Wildman–Crippen MR) is 102 cm³/mol. The third kappa shape index (κ3) is 5.01. The molecule has 8 heteroatoms. The van der Waals surface area contributed by atoms with Crippen molar-refractivity contribution in [1.29, 1.82) is 0 Å². The number of morpholine rings is 1. The highest BCUT2D eigenvalue weighted by molar-refractivity contribution is 5.98. The molecule has 3 amide bonds. The van der Waals surface area contributed by atoms with E-state index in [-0.39, 0.29) is 23.9 Å². The Morgan fingerprint density at radius 2 is 1.61 bits per heavy atom. The third-order valence-electron chi connectivity index (χ3n) is 5.05. The number of piperidine rings is 1. The molecular weight excluding hydrogens is 362 g/mol. The second kappa shape index (κ2) is 9.54. The van der Waals surface area contributed by atoms with E-state index in [0.717, 1.165) is 0 Å². The first-order chi connectivity index (χ1) is 13.6. The normalized spacial score (nSPS) is 17.9. The van der Waals surface area contributed by atoms with E-state index in [1.165, 1.54) is 0 Å². The molecule has 2 aliphatic heterocycles. The average molecular weight is 389 g/mol. The van der Waals surface area contributed by atoms with E-state index < -0.39 is 0 Å². The van der Waals surface area contributed by atoms with Crippen LogP contribution < -0.4 is 5.32 Å². The monoisotopic (exact) mass is 389 g/mol. The standard InChI is InChI=1S/C20H27N3O5/c1-2-28-20(26)23-9-7-17(8-10-23)21-18(24)15-3-5-16(6-4-15)19(25)22-11-13-27-14-12-22/h3-6,17H,2,7-14H2,1H3,(H,21,24). The van der Waals surface area contributed by atoms with Crippen LogP contribution in [-0.4, -0.2) is 79.7 Å². The van der Waals surface area contributed by atoms with E-state index >= 15 is 0 Å². The van der Waals surface area contributed by atoms with Crippen LogP contribution in [0.2, 0.25) is 0 Å². The maximum atomic E-state index is 12.5. The molecule has 28 heavy (non-hydrogen) atoms. The first kappa shape index (κ1) is 20.1. The van der Waals surface area contributed by atoms with Crippen molar-refractivity contribution in [2.45, 2.75) is 25.8 Å². The van der Waals surface area contributed by atoms with Crippen molar-refractivity contribution in [3.8, 4) is 0 Å². The number of hydrogen-bond acceptors (Lipinski definition) is 5. The van der Waals surface area contributed by atoms with Crippen LogP contribution in [0.1, 0.15) is 40.5 Å². The number of benzene rings is 1. The van der Waals surface area contributed by atoms with Crippen LogP contribution in [-0.2, 0) is 9.47 Å². The largest absolute Gasteiger partial charge is 0.450 e. The summed E-state index contributed by atoms with van der Waals surface area (Å²) >= 11 is 0. The van der Waals surface area contributed by atoms with Crippen molar-refractivity contribution in [1.82, 2.24) is 15.1 Å². The van der Waals surface area contributed by atoms with Crippen molar-refractivity contribution in [2.75, 3.05) is 46.0 Å². The van der Waals surface area contributed by atoms with Gasteiger partial charge in [-0.15, -0.1) is 0 Å². The Hall–Kier alpha value is -2.61. The summed E-state index contributed by atoms with van der Waals surface area (Å²) in [5.74, 6) is -0.207. The number of ether oxygens (including phenoxy) is 2.